The zero-order valence-corrected chi connectivity index (χ0v) is 12.9. The first-order valence-corrected chi connectivity index (χ1v) is 7.30. The number of carbonyl (C=O) groups excluding carboxylic acids is 1. The lowest BCUT2D eigenvalue weighted by Crippen LogP contribution is -2.40. The lowest BCUT2D eigenvalue weighted by molar-refractivity contribution is -0.125. The SMILES string of the molecule is Cc1cc(NC(=O)[C@@H]2COc3ccccc3O2)n(C(C)C)n1. The number of hydrogen-bond acceptors (Lipinski definition) is 4. The van der Waals surface area contributed by atoms with Gasteiger partial charge < -0.3 is 14.8 Å². The number of ether oxygens (including phenoxy) is 2. The average Bonchev–Trinajstić information content (AvgIpc) is 2.87. The summed E-state index contributed by atoms with van der Waals surface area (Å²) in [4.78, 5) is 12.4. The fourth-order valence-electron chi connectivity index (χ4n) is 2.36. The lowest BCUT2D eigenvalue weighted by Gasteiger charge is -2.25. The first-order valence-electron chi connectivity index (χ1n) is 7.30. The smallest absolute Gasteiger partial charge is 0.270 e. The van der Waals surface area contributed by atoms with E-state index >= 15 is 0 Å². The maximum Gasteiger partial charge on any atom is 0.270 e. The Bertz CT molecular complexity index is 694. The highest BCUT2D eigenvalue weighted by molar-refractivity contribution is 5.94. The summed E-state index contributed by atoms with van der Waals surface area (Å²) >= 11 is 0. The van der Waals surface area contributed by atoms with Crippen molar-refractivity contribution in [1.29, 1.82) is 0 Å². The second-order valence-electron chi connectivity index (χ2n) is 5.56. The van der Waals surface area contributed by atoms with Crippen molar-refractivity contribution in [2.24, 2.45) is 0 Å². The Hall–Kier alpha value is -2.50. The maximum absolute atomic E-state index is 12.4. The van der Waals surface area contributed by atoms with Gasteiger partial charge in [0.15, 0.2) is 11.5 Å². The Labute approximate surface area is 129 Å². The summed E-state index contributed by atoms with van der Waals surface area (Å²) in [5, 5.41) is 7.24. The molecular formula is C16H19N3O3. The number of amides is 1. The third-order valence-corrected chi connectivity index (χ3v) is 3.40. The van der Waals surface area contributed by atoms with Gasteiger partial charge >= 0.3 is 0 Å². The summed E-state index contributed by atoms with van der Waals surface area (Å²) in [6, 6.07) is 9.33. The number of para-hydroxylation sites is 2. The summed E-state index contributed by atoms with van der Waals surface area (Å²) in [5.74, 6) is 1.67. The first-order chi connectivity index (χ1) is 10.5. The molecule has 0 fully saturated rings. The molecule has 1 aliphatic rings. The van der Waals surface area contributed by atoms with E-state index < -0.39 is 6.10 Å². The van der Waals surface area contributed by atoms with Crippen LogP contribution in [-0.4, -0.2) is 28.4 Å². The minimum absolute atomic E-state index is 0.160. The van der Waals surface area contributed by atoms with Crippen molar-refractivity contribution in [2.75, 3.05) is 11.9 Å². The van der Waals surface area contributed by atoms with E-state index in [9.17, 15) is 4.79 Å². The highest BCUT2D eigenvalue weighted by atomic mass is 16.6. The van der Waals surface area contributed by atoms with Gasteiger partial charge in [-0.1, -0.05) is 12.1 Å². The summed E-state index contributed by atoms with van der Waals surface area (Å²) in [6.07, 6.45) is -0.675. The van der Waals surface area contributed by atoms with Crippen molar-refractivity contribution in [3.8, 4) is 11.5 Å². The molecule has 1 amide bonds. The number of aryl methyl sites for hydroxylation is 1. The molecule has 0 unspecified atom stereocenters. The van der Waals surface area contributed by atoms with E-state index in [1.54, 1.807) is 10.7 Å². The Morgan fingerprint density at radius 3 is 2.82 bits per heavy atom. The molecule has 1 aromatic carbocycles. The summed E-state index contributed by atoms with van der Waals surface area (Å²) in [6.45, 7) is 6.11. The molecule has 0 saturated carbocycles. The minimum atomic E-state index is -0.675. The molecule has 6 nitrogen and oxygen atoms in total. The maximum atomic E-state index is 12.4. The molecule has 3 rings (SSSR count). The van der Waals surface area contributed by atoms with E-state index in [1.165, 1.54) is 0 Å². The molecule has 0 spiro atoms. The van der Waals surface area contributed by atoms with Gasteiger partial charge in [-0.25, -0.2) is 4.68 Å². The predicted octanol–water partition coefficient (Wildman–Crippen LogP) is 2.55. The van der Waals surface area contributed by atoms with Crippen LogP contribution in [0.4, 0.5) is 5.82 Å². The van der Waals surface area contributed by atoms with E-state index in [0.717, 1.165) is 5.69 Å². The topological polar surface area (TPSA) is 65.4 Å². The highest BCUT2D eigenvalue weighted by Gasteiger charge is 2.28. The van der Waals surface area contributed by atoms with Crippen LogP contribution in [0.5, 0.6) is 11.5 Å². The third-order valence-electron chi connectivity index (χ3n) is 3.40. The molecular weight excluding hydrogens is 282 g/mol. The monoisotopic (exact) mass is 301 g/mol. The molecule has 0 radical (unpaired) electrons. The van der Waals surface area contributed by atoms with Gasteiger partial charge in [-0.05, 0) is 32.9 Å². The van der Waals surface area contributed by atoms with Crippen molar-refractivity contribution < 1.29 is 14.3 Å². The van der Waals surface area contributed by atoms with Crippen LogP contribution in [0.15, 0.2) is 30.3 Å². The van der Waals surface area contributed by atoms with Gasteiger partial charge in [-0.2, -0.15) is 5.10 Å². The second-order valence-corrected chi connectivity index (χ2v) is 5.56. The molecule has 2 aromatic rings. The number of benzene rings is 1. The standard InChI is InChI=1S/C16H19N3O3/c1-10(2)19-15(8-11(3)18-19)17-16(20)14-9-21-12-6-4-5-7-13(12)22-14/h4-8,10,14H,9H2,1-3H3,(H,17,20)/t14-/m0/s1. The van der Waals surface area contributed by atoms with Crippen LogP contribution in [0.2, 0.25) is 0 Å². The number of aromatic nitrogens is 2. The second kappa shape index (κ2) is 5.71. The van der Waals surface area contributed by atoms with Gasteiger partial charge in [0.2, 0.25) is 6.10 Å². The molecule has 22 heavy (non-hydrogen) atoms. The number of rotatable bonds is 3. The number of carbonyl (C=O) groups is 1. The molecule has 6 heteroatoms. The largest absolute Gasteiger partial charge is 0.485 e. The Balaban J connectivity index is 1.74. The molecule has 116 valence electrons. The fraction of sp³-hybridized carbons (Fsp3) is 0.375. The summed E-state index contributed by atoms with van der Waals surface area (Å²) < 4.78 is 13.1. The third kappa shape index (κ3) is 2.77. The number of nitrogens with zero attached hydrogens (tertiary/aromatic N) is 2. The van der Waals surface area contributed by atoms with Crippen LogP contribution in [0, 0.1) is 6.92 Å². The number of anilines is 1. The summed E-state index contributed by atoms with van der Waals surface area (Å²) in [7, 11) is 0. The van der Waals surface area contributed by atoms with Crippen molar-refractivity contribution in [3.63, 3.8) is 0 Å². The van der Waals surface area contributed by atoms with Gasteiger partial charge in [0.05, 0.1) is 5.69 Å². The van der Waals surface area contributed by atoms with Crippen molar-refractivity contribution >= 4 is 11.7 Å². The number of hydrogen-bond donors (Lipinski definition) is 1. The molecule has 0 bridgehead atoms. The van der Waals surface area contributed by atoms with Crippen molar-refractivity contribution in [2.45, 2.75) is 32.9 Å². The van der Waals surface area contributed by atoms with Crippen molar-refractivity contribution in [1.82, 2.24) is 9.78 Å². The molecule has 1 aromatic heterocycles. The van der Waals surface area contributed by atoms with E-state index in [-0.39, 0.29) is 18.6 Å². The number of fused-ring (bicyclic) bond motifs is 1. The molecule has 0 saturated heterocycles. The van der Waals surface area contributed by atoms with Gasteiger partial charge in [-0.3, -0.25) is 4.79 Å². The van der Waals surface area contributed by atoms with E-state index in [2.05, 4.69) is 10.4 Å². The van der Waals surface area contributed by atoms with Crippen LogP contribution in [0.1, 0.15) is 25.6 Å². The van der Waals surface area contributed by atoms with Gasteiger partial charge in [-0.15, -0.1) is 0 Å². The molecule has 1 aliphatic heterocycles. The minimum Gasteiger partial charge on any atom is -0.485 e. The van der Waals surface area contributed by atoms with Gasteiger partial charge in [0, 0.05) is 12.1 Å². The van der Waals surface area contributed by atoms with Crippen molar-refractivity contribution in [3.05, 3.63) is 36.0 Å². The van der Waals surface area contributed by atoms with Crippen LogP contribution in [0.25, 0.3) is 0 Å². The van der Waals surface area contributed by atoms with Crippen LogP contribution in [0.3, 0.4) is 0 Å². The Kier molecular flexibility index (Phi) is 3.75. The molecule has 1 atom stereocenters. The number of nitrogens with one attached hydrogen (secondary N) is 1. The Morgan fingerprint density at radius 2 is 2.09 bits per heavy atom. The summed E-state index contributed by atoms with van der Waals surface area (Å²) in [5.41, 5.74) is 0.857. The quantitative estimate of drug-likeness (QED) is 0.946. The highest BCUT2D eigenvalue weighted by Crippen LogP contribution is 2.31. The van der Waals surface area contributed by atoms with E-state index in [1.807, 2.05) is 45.0 Å². The van der Waals surface area contributed by atoms with E-state index in [0.29, 0.717) is 17.3 Å². The lowest BCUT2D eigenvalue weighted by atomic mass is 10.2. The van der Waals surface area contributed by atoms with Crippen LogP contribution >= 0.6 is 0 Å². The first kappa shape index (κ1) is 14.4. The Morgan fingerprint density at radius 1 is 1.36 bits per heavy atom. The van der Waals surface area contributed by atoms with Gasteiger partial charge in [0.25, 0.3) is 5.91 Å². The normalized spacial score (nSPS) is 16.6. The predicted molar refractivity (Wildman–Crippen MR) is 82.3 cm³/mol. The fourth-order valence-corrected chi connectivity index (χ4v) is 2.36. The molecule has 1 N–H and O–H groups in total. The van der Waals surface area contributed by atoms with Crippen LogP contribution < -0.4 is 14.8 Å². The van der Waals surface area contributed by atoms with Gasteiger partial charge in [0.1, 0.15) is 12.4 Å². The molecule has 0 aliphatic carbocycles. The zero-order valence-electron chi connectivity index (χ0n) is 12.9. The zero-order chi connectivity index (χ0) is 15.7. The van der Waals surface area contributed by atoms with E-state index in [4.69, 9.17) is 9.47 Å². The average molecular weight is 301 g/mol. The molecule has 2 heterocycles. The van der Waals surface area contributed by atoms with Crippen LogP contribution in [-0.2, 0) is 4.79 Å².